The van der Waals surface area contributed by atoms with Crippen molar-refractivity contribution in [1.29, 1.82) is 0 Å². The van der Waals surface area contributed by atoms with Gasteiger partial charge in [-0.15, -0.1) is 0 Å². The van der Waals surface area contributed by atoms with Crippen molar-refractivity contribution in [3.63, 3.8) is 0 Å². The van der Waals surface area contributed by atoms with Crippen molar-refractivity contribution < 1.29 is 9.47 Å². The van der Waals surface area contributed by atoms with E-state index in [2.05, 4.69) is 53.6 Å². The van der Waals surface area contributed by atoms with Gasteiger partial charge < -0.3 is 18.9 Å². The predicted octanol–water partition coefficient (Wildman–Crippen LogP) is 8.83. The summed E-state index contributed by atoms with van der Waals surface area (Å²) in [6, 6.07) is 27.3. The molecule has 0 fully saturated rings. The smallest absolute Gasteiger partial charge is 0.221 e. The molecular weight excluding hydrogens is 520 g/mol. The summed E-state index contributed by atoms with van der Waals surface area (Å²) in [5.41, 5.74) is 4.03. The number of imidazole rings is 1. The minimum absolute atomic E-state index is 0.465. The van der Waals surface area contributed by atoms with Gasteiger partial charge in [-0.25, -0.2) is 9.97 Å². The van der Waals surface area contributed by atoms with Crippen LogP contribution >= 0.6 is 11.6 Å². The molecule has 0 aliphatic rings. The first-order valence-corrected chi connectivity index (χ1v) is 13.8. The molecule has 5 rings (SSSR count). The fourth-order valence-electron chi connectivity index (χ4n) is 4.29. The Hall–Kier alpha value is -4.29. The van der Waals surface area contributed by atoms with Crippen LogP contribution in [-0.2, 0) is 6.42 Å². The van der Waals surface area contributed by atoms with E-state index in [0.29, 0.717) is 16.8 Å². The first-order valence-electron chi connectivity index (χ1n) is 13.5. The van der Waals surface area contributed by atoms with Crippen LogP contribution in [0, 0.1) is 5.92 Å². The summed E-state index contributed by atoms with van der Waals surface area (Å²) >= 11 is 5.99. The van der Waals surface area contributed by atoms with E-state index in [1.807, 2.05) is 79.8 Å². The van der Waals surface area contributed by atoms with Gasteiger partial charge in [-0.3, -0.25) is 0 Å². The largest absolute Gasteiger partial charge is 0.457 e. The van der Waals surface area contributed by atoms with Gasteiger partial charge in [0.2, 0.25) is 5.88 Å². The molecule has 0 saturated heterocycles. The zero-order chi connectivity index (χ0) is 28.1. The van der Waals surface area contributed by atoms with Gasteiger partial charge in [0.25, 0.3) is 0 Å². The molecule has 40 heavy (non-hydrogen) atoms. The molecule has 6 nitrogen and oxygen atoms in total. The Morgan fingerprint density at radius 3 is 2.12 bits per heavy atom. The van der Waals surface area contributed by atoms with E-state index in [1.165, 1.54) is 0 Å². The SMILES string of the molecule is CCN(C)c1ccnc(Oc2ccc(-c3cn(-c4ccc(Oc5ccc(Cl)cc5)cc4)c(CC(C)C)n3)cc2)c1. The Kier molecular flexibility index (Phi) is 8.37. The van der Waals surface area contributed by atoms with Crippen LogP contribution in [0.5, 0.6) is 23.1 Å². The van der Waals surface area contributed by atoms with Crippen LogP contribution in [0.1, 0.15) is 26.6 Å². The Morgan fingerprint density at radius 1 is 0.850 bits per heavy atom. The number of benzene rings is 3. The van der Waals surface area contributed by atoms with Gasteiger partial charge in [-0.1, -0.05) is 25.4 Å². The van der Waals surface area contributed by atoms with Gasteiger partial charge >= 0.3 is 0 Å². The van der Waals surface area contributed by atoms with Crippen molar-refractivity contribution in [2.75, 3.05) is 18.5 Å². The van der Waals surface area contributed by atoms with Crippen LogP contribution in [0.25, 0.3) is 16.9 Å². The highest BCUT2D eigenvalue weighted by atomic mass is 35.5. The molecule has 0 amide bonds. The summed E-state index contributed by atoms with van der Waals surface area (Å²) in [6.45, 7) is 7.43. The molecule has 0 N–H and O–H groups in total. The molecule has 0 unspecified atom stereocenters. The first-order chi connectivity index (χ1) is 19.4. The molecule has 0 radical (unpaired) electrons. The zero-order valence-corrected chi connectivity index (χ0v) is 24.0. The fraction of sp³-hybridized carbons (Fsp3) is 0.212. The summed E-state index contributed by atoms with van der Waals surface area (Å²) in [4.78, 5) is 11.5. The van der Waals surface area contributed by atoms with Crippen molar-refractivity contribution in [2.24, 2.45) is 5.92 Å². The number of anilines is 1. The van der Waals surface area contributed by atoms with E-state index in [4.69, 9.17) is 26.1 Å². The number of hydrogen-bond donors (Lipinski definition) is 0. The third kappa shape index (κ3) is 6.64. The van der Waals surface area contributed by atoms with E-state index < -0.39 is 0 Å². The number of pyridine rings is 1. The summed E-state index contributed by atoms with van der Waals surface area (Å²) in [5.74, 6) is 4.27. The number of nitrogens with zero attached hydrogens (tertiary/aromatic N) is 4. The van der Waals surface area contributed by atoms with Crippen LogP contribution in [0.2, 0.25) is 5.02 Å². The number of hydrogen-bond acceptors (Lipinski definition) is 5. The quantitative estimate of drug-likeness (QED) is 0.173. The molecule has 5 aromatic rings. The third-order valence-electron chi connectivity index (χ3n) is 6.54. The van der Waals surface area contributed by atoms with Crippen molar-refractivity contribution >= 4 is 17.3 Å². The molecule has 204 valence electrons. The lowest BCUT2D eigenvalue weighted by atomic mass is 10.1. The molecule has 2 aromatic heterocycles. The molecule has 0 atom stereocenters. The van der Waals surface area contributed by atoms with Crippen molar-refractivity contribution in [1.82, 2.24) is 14.5 Å². The fourth-order valence-corrected chi connectivity index (χ4v) is 4.42. The number of aromatic nitrogens is 3. The summed E-state index contributed by atoms with van der Waals surface area (Å²) in [7, 11) is 2.05. The lowest BCUT2D eigenvalue weighted by molar-refractivity contribution is 0.463. The number of rotatable bonds is 10. The van der Waals surface area contributed by atoms with Crippen molar-refractivity contribution in [3.8, 4) is 40.1 Å². The predicted molar refractivity (Wildman–Crippen MR) is 162 cm³/mol. The molecule has 7 heteroatoms. The zero-order valence-electron chi connectivity index (χ0n) is 23.2. The Balaban J connectivity index is 1.35. The van der Waals surface area contributed by atoms with E-state index in [1.54, 1.807) is 6.20 Å². The monoisotopic (exact) mass is 552 g/mol. The van der Waals surface area contributed by atoms with Gasteiger partial charge in [0, 0.05) is 60.4 Å². The Morgan fingerprint density at radius 2 is 1.48 bits per heavy atom. The van der Waals surface area contributed by atoms with Crippen molar-refractivity contribution in [2.45, 2.75) is 27.2 Å². The van der Waals surface area contributed by atoms with E-state index in [0.717, 1.165) is 58.7 Å². The number of ether oxygens (including phenoxy) is 2. The van der Waals surface area contributed by atoms with Gasteiger partial charge in [0.1, 0.15) is 23.1 Å². The maximum absolute atomic E-state index is 6.03. The Labute approximate surface area is 240 Å². The maximum atomic E-state index is 6.03. The normalized spacial score (nSPS) is 11.1. The molecule has 0 saturated carbocycles. The molecule has 0 bridgehead atoms. The second-order valence-corrected chi connectivity index (χ2v) is 10.5. The number of halogens is 1. The topological polar surface area (TPSA) is 52.4 Å². The van der Waals surface area contributed by atoms with Crippen LogP contribution in [0.15, 0.2) is 97.3 Å². The Bertz CT molecular complexity index is 1550. The minimum Gasteiger partial charge on any atom is -0.457 e. The molecule has 0 spiro atoms. The van der Waals surface area contributed by atoms with Gasteiger partial charge in [-0.05, 0) is 91.7 Å². The van der Waals surface area contributed by atoms with Crippen molar-refractivity contribution in [3.05, 3.63) is 108 Å². The molecule has 0 aliphatic carbocycles. The average Bonchev–Trinajstić information content (AvgIpc) is 3.37. The maximum Gasteiger partial charge on any atom is 0.221 e. The van der Waals surface area contributed by atoms with Crippen LogP contribution in [-0.4, -0.2) is 28.1 Å². The lowest BCUT2D eigenvalue weighted by Crippen LogP contribution is -2.15. The summed E-state index contributed by atoms with van der Waals surface area (Å²) in [5, 5.41) is 0.681. The van der Waals surface area contributed by atoms with Gasteiger partial charge in [0.05, 0.1) is 5.69 Å². The highest BCUT2D eigenvalue weighted by molar-refractivity contribution is 6.30. The van der Waals surface area contributed by atoms with Gasteiger partial charge in [-0.2, -0.15) is 0 Å². The van der Waals surface area contributed by atoms with E-state index in [9.17, 15) is 0 Å². The minimum atomic E-state index is 0.465. The standard InChI is InChI=1S/C33H33ClN4O2/c1-5-37(4)27-18-19-35-33(21-27)40-30-12-6-24(7-13-30)31-22-38(32(36-31)20-23(2)3)26-10-16-29(17-11-26)39-28-14-8-25(34)9-15-28/h6-19,21-23H,5,20H2,1-4H3. The molecular formula is C33H33ClN4O2. The molecule has 2 heterocycles. The van der Waals surface area contributed by atoms with Crippen LogP contribution < -0.4 is 14.4 Å². The summed E-state index contributed by atoms with van der Waals surface area (Å²) < 4.78 is 14.2. The second kappa shape index (κ2) is 12.3. The molecule has 0 aliphatic heterocycles. The van der Waals surface area contributed by atoms with Gasteiger partial charge in [0.15, 0.2) is 0 Å². The second-order valence-electron chi connectivity index (χ2n) is 10.1. The first kappa shape index (κ1) is 27.3. The van der Waals surface area contributed by atoms with Crippen LogP contribution in [0.4, 0.5) is 5.69 Å². The lowest BCUT2D eigenvalue weighted by Gasteiger charge is -2.17. The van der Waals surface area contributed by atoms with Crippen LogP contribution in [0.3, 0.4) is 0 Å². The third-order valence-corrected chi connectivity index (χ3v) is 6.79. The van der Waals surface area contributed by atoms with E-state index >= 15 is 0 Å². The highest BCUT2D eigenvalue weighted by Gasteiger charge is 2.14. The summed E-state index contributed by atoms with van der Waals surface area (Å²) in [6.07, 6.45) is 4.72. The average molecular weight is 553 g/mol. The highest BCUT2D eigenvalue weighted by Crippen LogP contribution is 2.29. The molecule has 3 aromatic carbocycles. The van der Waals surface area contributed by atoms with E-state index in [-0.39, 0.29) is 0 Å².